The molecule has 0 aromatic heterocycles. The highest BCUT2D eigenvalue weighted by Gasteiger charge is 2.38. The third-order valence-electron chi connectivity index (χ3n) is 5.41. The number of ether oxygens (including phenoxy) is 1. The molecular formula is C22H30ClN3O2. The van der Waals surface area contributed by atoms with Gasteiger partial charge in [0.15, 0.2) is 0 Å². The fourth-order valence-corrected chi connectivity index (χ4v) is 3.57. The van der Waals surface area contributed by atoms with Crippen molar-refractivity contribution in [1.82, 2.24) is 5.32 Å². The number of rotatable bonds is 7. The van der Waals surface area contributed by atoms with E-state index in [2.05, 4.69) is 53.5 Å². The Balaban J connectivity index is 0.00000280. The highest BCUT2D eigenvalue weighted by molar-refractivity contribution is 5.85. The average molecular weight is 404 g/mol. The quantitative estimate of drug-likeness (QED) is 0.740. The van der Waals surface area contributed by atoms with E-state index in [0.717, 1.165) is 17.8 Å². The van der Waals surface area contributed by atoms with E-state index in [1.807, 2.05) is 18.2 Å². The van der Waals surface area contributed by atoms with Gasteiger partial charge in [-0.15, -0.1) is 12.4 Å². The van der Waals surface area contributed by atoms with E-state index in [4.69, 9.17) is 10.5 Å². The van der Waals surface area contributed by atoms with Crippen molar-refractivity contribution in [2.75, 3.05) is 31.2 Å². The molecule has 5 nitrogen and oxygen atoms in total. The lowest BCUT2D eigenvalue weighted by molar-refractivity contribution is -0.136. The molecule has 0 aliphatic carbocycles. The summed E-state index contributed by atoms with van der Waals surface area (Å²) in [5, 5.41) is 3.07. The average Bonchev–Trinajstić information content (AvgIpc) is 2.74. The number of nitrogens with zero attached hydrogens (tertiary/aromatic N) is 1. The summed E-state index contributed by atoms with van der Waals surface area (Å²) in [5.41, 5.74) is 8.82. The Morgan fingerprint density at radius 3 is 2.25 bits per heavy atom. The Morgan fingerprint density at radius 1 is 1.07 bits per heavy atom. The highest BCUT2D eigenvalue weighted by Crippen LogP contribution is 2.30. The summed E-state index contributed by atoms with van der Waals surface area (Å²) in [6.45, 7) is 5.11. The van der Waals surface area contributed by atoms with E-state index in [0.29, 0.717) is 39.1 Å². The number of amides is 1. The standard InChI is InChI=1S/C22H29N3O2.ClH/c1-2-25(19-6-4-3-5-7-19)20-10-8-18(9-11-20)16-24-21(26)22(17-23)12-14-27-15-13-22;/h3-11H,2,12-17,23H2,1H3,(H,24,26);1H. The van der Waals surface area contributed by atoms with Crippen LogP contribution < -0.4 is 16.0 Å². The normalized spacial score (nSPS) is 15.4. The third-order valence-corrected chi connectivity index (χ3v) is 5.41. The molecule has 3 N–H and O–H groups in total. The van der Waals surface area contributed by atoms with Crippen molar-refractivity contribution in [3.63, 3.8) is 0 Å². The number of carbonyl (C=O) groups is 1. The molecule has 1 fully saturated rings. The van der Waals surface area contributed by atoms with E-state index >= 15 is 0 Å². The van der Waals surface area contributed by atoms with Crippen LogP contribution in [0.5, 0.6) is 0 Å². The summed E-state index contributed by atoms with van der Waals surface area (Å²) >= 11 is 0. The second kappa shape index (κ2) is 10.5. The number of halogens is 1. The smallest absolute Gasteiger partial charge is 0.227 e. The minimum Gasteiger partial charge on any atom is -0.381 e. The summed E-state index contributed by atoms with van der Waals surface area (Å²) in [5.74, 6) is 0.0387. The molecule has 2 aromatic rings. The van der Waals surface area contributed by atoms with Gasteiger partial charge < -0.3 is 20.7 Å². The molecule has 1 aliphatic heterocycles. The highest BCUT2D eigenvalue weighted by atomic mass is 35.5. The Morgan fingerprint density at radius 2 is 1.68 bits per heavy atom. The molecule has 3 rings (SSSR count). The summed E-state index contributed by atoms with van der Waals surface area (Å²) < 4.78 is 5.38. The number of carbonyl (C=O) groups excluding carboxylic acids is 1. The van der Waals surface area contributed by atoms with Crippen LogP contribution in [-0.2, 0) is 16.1 Å². The first-order valence-electron chi connectivity index (χ1n) is 9.66. The molecule has 1 saturated heterocycles. The van der Waals surface area contributed by atoms with E-state index in [1.54, 1.807) is 0 Å². The van der Waals surface area contributed by atoms with Crippen LogP contribution in [0.25, 0.3) is 0 Å². The second-order valence-electron chi connectivity index (χ2n) is 7.03. The van der Waals surface area contributed by atoms with Gasteiger partial charge in [0.25, 0.3) is 0 Å². The lowest BCUT2D eigenvalue weighted by Gasteiger charge is -2.34. The Labute approximate surface area is 173 Å². The van der Waals surface area contributed by atoms with Gasteiger partial charge in [0.05, 0.1) is 5.41 Å². The summed E-state index contributed by atoms with van der Waals surface area (Å²) in [4.78, 5) is 14.9. The van der Waals surface area contributed by atoms with Crippen molar-refractivity contribution < 1.29 is 9.53 Å². The number of benzene rings is 2. The number of para-hydroxylation sites is 1. The molecule has 152 valence electrons. The topological polar surface area (TPSA) is 67.6 Å². The van der Waals surface area contributed by atoms with Gasteiger partial charge in [-0.1, -0.05) is 30.3 Å². The first kappa shape index (κ1) is 22.2. The van der Waals surface area contributed by atoms with Crippen molar-refractivity contribution in [2.45, 2.75) is 26.3 Å². The zero-order valence-corrected chi connectivity index (χ0v) is 17.2. The van der Waals surface area contributed by atoms with Crippen LogP contribution in [-0.4, -0.2) is 32.2 Å². The molecule has 1 heterocycles. The molecule has 1 aliphatic rings. The van der Waals surface area contributed by atoms with E-state index in [9.17, 15) is 4.79 Å². The van der Waals surface area contributed by atoms with Gasteiger partial charge >= 0.3 is 0 Å². The molecule has 0 bridgehead atoms. The van der Waals surface area contributed by atoms with Crippen LogP contribution in [0.15, 0.2) is 54.6 Å². The molecule has 0 atom stereocenters. The monoisotopic (exact) mass is 403 g/mol. The van der Waals surface area contributed by atoms with Gasteiger partial charge in [0, 0.05) is 44.2 Å². The number of nitrogens with one attached hydrogen (secondary N) is 1. The van der Waals surface area contributed by atoms with Gasteiger partial charge in [-0.2, -0.15) is 0 Å². The predicted molar refractivity (Wildman–Crippen MR) is 116 cm³/mol. The maximum absolute atomic E-state index is 12.7. The molecular weight excluding hydrogens is 374 g/mol. The molecule has 0 spiro atoms. The minimum absolute atomic E-state index is 0. The largest absolute Gasteiger partial charge is 0.381 e. The van der Waals surface area contributed by atoms with Crippen LogP contribution in [0.4, 0.5) is 11.4 Å². The van der Waals surface area contributed by atoms with Crippen molar-refractivity contribution in [1.29, 1.82) is 0 Å². The van der Waals surface area contributed by atoms with Crippen molar-refractivity contribution in [2.24, 2.45) is 11.1 Å². The van der Waals surface area contributed by atoms with Crippen molar-refractivity contribution >= 4 is 29.7 Å². The Kier molecular flexibility index (Phi) is 8.30. The zero-order valence-electron chi connectivity index (χ0n) is 16.4. The van der Waals surface area contributed by atoms with Crippen molar-refractivity contribution in [3.8, 4) is 0 Å². The number of hydrogen-bond donors (Lipinski definition) is 2. The van der Waals surface area contributed by atoms with E-state index < -0.39 is 5.41 Å². The Bertz CT molecular complexity index is 731. The van der Waals surface area contributed by atoms with Crippen LogP contribution in [0.3, 0.4) is 0 Å². The van der Waals surface area contributed by atoms with Crippen LogP contribution >= 0.6 is 12.4 Å². The molecule has 6 heteroatoms. The zero-order chi connectivity index (χ0) is 19.1. The van der Waals surface area contributed by atoms with Gasteiger partial charge in [0.1, 0.15) is 0 Å². The predicted octanol–water partition coefficient (Wildman–Crippen LogP) is 3.64. The summed E-state index contributed by atoms with van der Waals surface area (Å²) in [6, 6.07) is 18.7. The molecule has 2 aromatic carbocycles. The molecule has 0 radical (unpaired) electrons. The lowest BCUT2D eigenvalue weighted by Crippen LogP contribution is -2.48. The minimum atomic E-state index is -0.482. The van der Waals surface area contributed by atoms with Crippen molar-refractivity contribution in [3.05, 3.63) is 60.2 Å². The van der Waals surface area contributed by atoms with Crippen LogP contribution in [0, 0.1) is 5.41 Å². The van der Waals surface area contributed by atoms with E-state index in [-0.39, 0.29) is 18.3 Å². The lowest BCUT2D eigenvalue weighted by atomic mass is 9.79. The van der Waals surface area contributed by atoms with Gasteiger partial charge in [-0.05, 0) is 49.6 Å². The second-order valence-corrected chi connectivity index (χ2v) is 7.03. The molecule has 0 unspecified atom stereocenters. The number of hydrogen-bond acceptors (Lipinski definition) is 4. The molecule has 0 saturated carbocycles. The summed E-state index contributed by atoms with van der Waals surface area (Å²) in [6.07, 6.45) is 1.38. The molecule has 28 heavy (non-hydrogen) atoms. The van der Waals surface area contributed by atoms with Gasteiger partial charge in [-0.25, -0.2) is 0 Å². The fourth-order valence-electron chi connectivity index (χ4n) is 3.57. The van der Waals surface area contributed by atoms with Crippen LogP contribution in [0.2, 0.25) is 0 Å². The van der Waals surface area contributed by atoms with E-state index in [1.165, 1.54) is 5.69 Å². The Hall–Kier alpha value is -2.08. The maximum Gasteiger partial charge on any atom is 0.227 e. The first-order chi connectivity index (χ1) is 13.2. The van der Waals surface area contributed by atoms with Crippen LogP contribution in [0.1, 0.15) is 25.3 Å². The number of nitrogens with two attached hydrogens (primary N) is 1. The molecule has 1 amide bonds. The summed E-state index contributed by atoms with van der Waals surface area (Å²) in [7, 11) is 0. The SMILES string of the molecule is CCN(c1ccccc1)c1ccc(CNC(=O)C2(CN)CCOCC2)cc1.Cl. The number of anilines is 2. The third kappa shape index (κ3) is 5.04. The first-order valence-corrected chi connectivity index (χ1v) is 9.66. The maximum atomic E-state index is 12.7. The fraction of sp³-hybridized carbons (Fsp3) is 0.409. The van der Waals surface area contributed by atoms with Gasteiger partial charge in [-0.3, -0.25) is 4.79 Å². The van der Waals surface area contributed by atoms with Gasteiger partial charge in [0.2, 0.25) is 5.91 Å².